The number of aliphatic hydroxyl groups excluding tert-OH is 1. The molecule has 1 N–H and O–H groups in total. The molecule has 23 heavy (non-hydrogen) atoms. The number of carbonyl (C=O) groups excluding carboxylic acids is 1. The van der Waals surface area contributed by atoms with Crippen molar-refractivity contribution in [2.24, 2.45) is 11.3 Å². The Morgan fingerprint density at radius 3 is 3.00 bits per heavy atom. The summed E-state index contributed by atoms with van der Waals surface area (Å²) in [4.78, 5) is 23.2. The molecule has 0 spiro atoms. The highest BCUT2D eigenvalue weighted by molar-refractivity contribution is 5.95. The lowest BCUT2D eigenvalue weighted by molar-refractivity contribution is 0.0195. The van der Waals surface area contributed by atoms with E-state index in [1.165, 1.54) is 19.2 Å². The fraction of sp³-hybridized carbons (Fsp3) is 0.722. The van der Waals surface area contributed by atoms with Crippen molar-refractivity contribution in [3.8, 4) is 0 Å². The van der Waals surface area contributed by atoms with Crippen LogP contribution in [0.15, 0.2) is 12.5 Å². The summed E-state index contributed by atoms with van der Waals surface area (Å²) in [6.45, 7) is 3.70. The Labute approximate surface area is 138 Å². The van der Waals surface area contributed by atoms with E-state index in [2.05, 4.69) is 16.9 Å². The van der Waals surface area contributed by atoms with E-state index in [1.54, 1.807) is 6.20 Å². The first-order valence-corrected chi connectivity index (χ1v) is 8.86. The van der Waals surface area contributed by atoms with Gasteiger partial charge in [0.1, 0.15) is 6.33 Å². The lowest BCUT2D eigenvalue weighted by Crippen LogP contribution is -2.48. The van der Waals surface area contributed by atoms with Gasteiger partial charge in [0.2, 0.25) is 0 Å². The van der Waals surface area contributed by atoms with Crippen LogP contribution < -0.4 is 0 Å². The molecule has 1 aliphatic carbocycles. The van der Waals surface area contributed by atoms with Gasteiger partial charge in [0.15, 0.2) is 0 Å². The van der Waals surface area contributed by atoms with E-state index in [0.29, 0.717) is 12.1 Å². The zero-order valence-corrected chi connectivity index (χ0v) is 14.0. The van der Waals surface area contributed by atoms with E-state index in [4.69, 9.17) is 0 Å². The first-order valence-electron chi connectivity index (χ1n) is 8.86. The molecule has 2 aliphatic rings. The van der Waals surface area contributed by atoms with Gasteiger partial charge in [-0.3, -0.25) is 4.79 Å². The molecule has 0 bridgehead atoms. The van der Waals surface area contributed by atoms with Gasteiger partial charge < -0.3 is 10.0 Å². The molecule has 1 saturated heterocycles. The summed E-state index contributed by atoms with van der Waals surface area (Å²) in [6.07, 6.45) is 10.5. The quantitative estimate of drug-likeness (QED) is 0.875. The molecule has 0 unspecified atom stereocenters. The minimum atomic E-state index is -0.102. The van der Waals surface area contributed by atoms with Crippen molar-refractivity contribution in [2.45, 2.75) is 51.9 Å². The first-order chi connectivity index (χ1) is 11.2. The zero-order chi connectivity index (χ0) is 16.3. The highest BCUT2D eigenvalue weighted by atomic mass is 16.3. The molecule has 1 aromatic rings. The third-order valence-electron chi connectivity index (χ3n) is 5.21. The van der Waals surface area contributed by atoms with Crippen LogP contribution >= 0.6 is 0 Å². The zero-order valence-electron chi connectivity index (χ0n) is 14.0. The summed E-state index contributed by atoms with van der Waals surface area (Å²) in [5.74, 6) is 0.787. The molecular formula is C18H27N3O2. The first kappa shape index (κ1) is 16.4. The molecule has 1 aliphatic heterocycles. The van der Waals surface area contributed by atoms with Crippen molar-refractivity contribution in [1.29, 1.82) is 0 Å². The van der Waals surface area contributed by atoms with Crippen LogP contribution in [0.4, 0.5) is 0 Å². The summed E-state index contributed by atoms with van der Waals surface area (Å²) >= 11 is 0. The molecule has 2 heterocycles. The van der Waals surface area contributed by atoms with Gasteiger partial charge in [-0.15, -0.1) is 0 Å². The Morgan fingerprint density at radius 2 is 2.30 bits per heavy atom. The summed E-state index contributed by atoms with van der Waals surface area (Å²) in [7, 11) is 0. The van der Waals surface area contributed by atoms with Crippen LogP contribution in [0.1, 0.15) is 61.5 Å². The predicted molar refractivity (Wildman–Crippen MR) is 88.0 cm³/mol. The summed E-state index contributed by atoms with van der Waals surface area (Å²) in [6, 6.07) is 0. The molecule has 1 atom stereocenters. The topological polar surface area (TPSA) is 66.3 Å². The number of hydrogen-bond acceptors (Lipinski definition) is 4. The maximum atomic E-state index is 13.0. The number of aryl methyl sites for hydroxylation is 1. The number of hydrogen-bond donors (Lipinski definition) is 1. The smallest absolute Gasteiger partial charge is 0.257 e. The Kier molecular flexibility index (Phi) is 4.95. The minimum absolute atomic E-state index is 0.0300. The second-order valence-corrected chi connectivity index (χ2v) is 7.27. The van der Waals surface area contributed by atoms with Gasteiger partial charge in [-0.25, -0.2) is 9.97 Å². The molecule has 0 radical (unpaired) electrons. The fourth-order valence-corrected chi connectivity index (χ4v) is 3.82. The molecular weight excluding hydrogens is 290 g/mol. The monoisotopic (exact) mass is 317 g/mol. The second-order valence-electron chi connectivity index (χ2n) is 7.27. The normalized spacial score (nSPS) is 24.7. The third-order valence-corrected chi connectivity index (χ3v) is 5.21. The maximum absolute atomic E-state index is 13.0. The van der Waals surface area contributed by atoms with Gasteiger partial charge in [0.25, 0.3) is 5.91 Å². The SMILES string of the molecule is CCCc1ncncc1C(=O)N1CCC[C@@](CO)(CC2CC2)C1. The molecule has 126 valence electrons. The van der Waals surface area contributed by atoms with Gasteiger partial charge in [-0.1, -0.05) is 26.2 Å². The molecule has 0 aromatic carbocycles. The van der Waals surface area contributed by atoms with Crippen molar-refractivity contribution in [3.63, 3.8) is 0 Å². The molecule has 2 fully saturated rings. The Balaban J connectivity index is 1.76. The minimum Gasteiger partial charge on any atom is -0.396 e. The molecule has 1 amide bonds. The predicted octanol–water partition coefficient (Wildman–Crippen LogP) is 2.44. The van der Waals surface area contributed by atoms with Gasteiger partial charge in [-0.2, -0.15) is 0 Å². The Hall–Kier alpha value is -1.49. The van der Waals surface area contributed by atoms with Gasteiger partial charge >= 0.3 is 0 Å². The average Bonchev–Trinajstić information content (AvgIpc) is 3.39. The van der Waals surface area contributed by atoms with E-state index in [0.717, 1.165) is 50.3 Å². The van der Waals surface area contributed by atoms with E-state index in [9.17, 15) is 9.90 Å². The van der Waals surface area contributed by atoms with E-state index >= 15 is 0 Å². The largest absolute Gasteiger partial charge is 0.396 e. The summed E-state index contributed by atoms with van der Waals surface area (Å²) in [5.41, 5.74) is 1.37. The molecule has 1 aromatic heterocycles. The van der Waals surface area contributed by atoms with Crippen molar-refractivity contribution >= 4 is 5.91 Å². The van der Waals surface area contributed by atoms with Gasteiger partial charge in [-0.05, 0) is 31.6 Å². The lowest BCUT2D eigenvalue weighted by Gasteiger charge is -2.42. The molecule has 3 rings (SSSR count). The van der Waals surface area contributed by atoms with Gasteiger partial charge in [0, 0.05) is 24.7 Å². The number of likely N-dealkylation sites (tertiary alicyclic amines) is 1. The highest BCUT2D eigenvalue weighted by Crippen LogP contribution is 2.44. The van der Waals surface area contributed by atoms with Gasteiger partial charge in [0.05, 0.1) is 17.9 Å². The van der Waals surface area contributed by atoms with Crippen LogP contribution in [0.2, 0.25) is 0 Å². The van der Waals surface area contributed by atoms with Crippen molar-refractivity contribution in [3.05, 3.63) is 23.8 Å². The van der Waals surface area contributed by atoms with Crippen LogP contribution in [0.5, 0.6) is 0 Å². The summed E-state index contributed by atoms with van der Waals surface area (Å²) < 4.78 is 0. The van der Waals surface area contributed by atoms with Crippen LogP contribution in [-0.4, -0.2) is 45.6 Å². The Morgan fingerprint density at radius 1 is 1.48 bits per heavy atom. The van der Waals surface area contributed by atoms with E-state index < -0.39 is 0 Å². The standard InChI is InChI=1S/C18H27N3O2/c1-2-4-16-15(10-19-13-20-16)17(23)21-8-3-7-18(11-21,12-22)9-14-5-6-14/h10,13-14,22H,2-9,11-12H2,1H3/t18-/m1/s1. The van der Waals surface area contributed by atoms with Crippen LogP contribution in [0.25, 0.3) is 0 Å². The number of rotatable bonds is 6. The number of nitrogens with zero attached hydrogens (tertiary/aromatic N) is 3. The average molecular weight is 317 g/mol. The second kappa shape index (κ2) is 6.95. The van der Waals surface area contributed by atoms with Crippen LogP contribution in [0, 0.1) is 11.3 Å². The van der Waals surface area contributed by atoms with Crippen LogP contribution in [-0.2, 0) is 6.42 Å². The van der Waals surface area contributed by atoms with Crippen molar-refractivity contribution in [1.82, 2.24) is 14.9 Å². The van der Waals surface area contributed by atoms with E-state index in [1.807, 2.05) is 4.90 Å². The fourth-order valence-electron chi connectivity index (χ4n) is 3.82. The molecule has 1 saturated carbocycles. The summed E-state index contributed by atoms with van der Waals surface area (Å²) in [5, 5.41) is 9.96. The van der Waals surface area contributed by atoms with Crippen LogP contribution in [0.3, 0.4) is 0 Å². The number of aliphatic hydroxyl groups is 1. The number of amides is 1. The number of carbonyl (C=O) groups is 1. The third kappa shape index (κ3) is 3.71. The van der Waals surface area contributed by atoms with Crippen molar-refractivity contribution < 1.29 is 9.90 Å². The lowest BCUT2D eigenvalue weighted by atomic mass is 9.76. The van der Waals surface area contributed by atoms with Crippen molar-refractivity contribution in [2.75, 3.05) is 19.7 Å². The maximum Gasteiger partial charge on any atom is 0.257 e. The molecule has 5 heteroatoms. The number of aromatic nitrogens is 2. The molecule has 5 nitrogen and oxygen atoms in total. The Bertz CT molecular complexity index is 559. The van der Waals surface area contributed by atoms with E-state index in [-0.39, 0.29) is 17.9 Å². The highest BCUT2D eigenvalue weighted by Gasteiger charge is 2.41. The number of piperidine rings is 1.